The molecule has 3 heterocycles. The molecule has 39 heavy (non-hydrogen) atoms. The molecule has 5 aromatic rings. The van der Waals surface area contributed by atoms with Gasteiger partial charge >= 0.3 is 5.97 Å². The lowest BCUT2D eigenvalue weighted by Gasteiger charge is -2.32. The summed E-state index contributed by atoms with van der Waals surface area (Å²) in [6.45, 7) is 0.0975. The third-order valence-corrected chi connectivity index (χ3v) is 6.86. The fourth-order valence-corrected chi connectivity index (χ4v) is 4.93. The maximum atomic E-state index is 15.0. The summed E-state index contributed by atoms with van der Waals surface area (Å²) in [5.74, 6) is -2.89. The lowest BCUT2D eigenvalue weighted by molar-refractivity contribution is -0.142. The van der Waals surface area contributed by atoms with Gasteiger partial charge in [0.1, 0.15) is 23.5 Å². The number of aryl methyl sites for hydroxylation is 1. The smallest absolute Gasteiger partial charge is 0.308 e. The molecule has 1 aliphatic carbocycles. The zero-order valence-corrected chi connectivity index (χ0v) is 20.5. The fourth-order valence-electron chi connectivity index (χ4n) is 4.93. The Kier molecular flexibility index (Phi) is 6.31. The minimum atomic E-state index is -0.971. The molecule has 0 fully saturated rings. The van der Waals surface area contributed by atoms with Gasteiger partial charge in [-0.25, -0.2) is 18.7 Å². The summed E-state index contributed by atoms with van der Waals surface area (Å²) in [6, 6.07) is 16.5. The normalized spacial score (nSPS) is 16.6. The van der Waals surface area contributed by atoms with Gasteiger partial charge in [-0.05, 0) is 36.1 Å². The van der Waals surface area contributed by atoms with Crippen LogP contribution in [0.4, 0.5) is 14.6 Å². The van der Waals surface area contributed by atoms with Crippen LogP contribution >= 0.6 is 0 Å². The molecule has 2 aromatic carbocycles. The predicted octanol–water partition coefficient (Wildman–Crippen LogP) is 5.12. The van der Waals surface area contributed by atoms with E-state index >= 15 is 0 Å². The Bertz CT molecular complexity index is 1650. The molecule has 11 heteroatoms. The molecular weight excluding hydrogens is 506 g/mol. The van der Waals surface area contributed by atoms with E-state index < -0.39 is 23.7 Å². The van der Waals surface area contributed by atoms with Crippen molar-refractivity contribution in [2.45, 2.75) is 25.4 Å². The number of rotatable bonds is 7. The van der Waals surface area contributed by atoms with Crippen LogP contribution in [-0.4, -0.2) is 36.0 Å². The number of aliphatic carboxylic acids is 1. The number of fused-ring (bicyclic) bond motifs is 1. The highest BCUT2D eigenvalue weighted by Gasteiger charge is 2.35. The molecule has 0 amide bonds. The summed E-state index contributed by atoms with van der Waals surface area (Å²) < 4.78 is 35.9. The molecule has 0 radical (unpaired) electrons. The predicted molar refractivity (Wildman–Crippen MR) is 136 cm³/mol. The average molecular weight is 529 g/mol. The van der Waals surface area contributed by atoms with Gasteiger partial charge < -0.3 is 14.9 Å². The topological polar surface area (TPSA) is 119 Å². The lowest BCUT2D eigenvalue weighted by atomic mass is 9.79. The number of nitrogens with one attached hydrogen (secondary N) is 1. The van der Waals surface area contributed by atoms with Gasteiger partial charge in [0.2, 0.25) is 0 Å². The highest BCUT2D eigenvalue weighted by molar-refractivity contribution is 5.73. The van der Waals surface area contributed by atoms with Crippen LogP contribution in [0.2, 0.25) is 0 Å². The highest BCUT2D eigenvalue weighted by Crippen LogP contribution is 2.37. The monoisotopic (exact) mass is 528 g/mol. The number of aromatic nitrogens is 5. The second-order valence-electron chi connectivity index (χ2n) is 9.24. The molecule has 6 rings (SSSR count). The van der Waals surface area contributed by atoms with Crippen molar-refractivity contribution in [3.63, 3.8) is 0 Å². The van der Waals surface area contributed by atoms with Gasteiger partial charge in [0.05, 0.1) is 30.4 Å². The Balaban J connectivity index is 1.38. The number of carboxylic acids is 1. The van der Waals surface area contributed by atoms with E-state index in [0.29, 0.717) is 35.5 Å². The molecule has 0 saturated heterocycles. The number of anilines is 1. The Hall–Kier alpha value is -4.93. The van der Waals surface area contributed by atoms with Crippen molar-refractivity contribution < 1.29 is 23.2 Å². The molecule has 2 atom stereocenters. The van der Waals surface area contributed by atoms with Crippen molar-refractivity contribution in [3.8, 4) is 22.9 Å². The maximum Gasteiger partial charge on any atom is 0.308 e. The Labute approximate surface area is 221 Å². The van der Waals surface area contributed by atoms with Crippen LogP contribution in [0.3, 0.4) is 0 Å². The number of carboxylic acid groups (broad SMARTS) is 1. The van der Waals surface area contributed by atoms with Crippen molar-refractivity contribution in [2.75, 3.05) is 5.32 Å². The first kappa shape index (κ1) is 24.4. The minimum Gasteiger partial charge on any atom is -0.481 e. The van der Waals surface area contributed by atoms with E-state index in [9.17, 15) is 18.7 Å². The number of nitrogens with zero attached hydrogens (tertiary/aromatic N) is 5. The zero-order valence-electron chi connectivity index (χ0n) is 20.5. The number of hydrogen-bond acceptors (Lipinski definition) is 7. The molecule has 196 valence electrons. The number of carbonyl (C=O) groups is 1. The minimum absolute atomic E-state index is 0.0975. The molecule has 3 aromatic heterocycles. The van der Waals surface area contributed by atoms with Gasteiger partial charge in [0.15, 0.2) is 17.5 Å². The van der Waals surface area contributed by atoms with Gasteiger partial charge in [0.25, 0.3) is 0 Å². The molecule has 0 aliphatic heterocycles. The number of halogens is 2. The van der Waals surface area contributed by atoms with Gasteiger partial charge in [0, 0.05) is 11.6 Å². The molecule has 0 unspecified atom stereocenters. The van der Waals surface area contributed by atoms with Gasteiger partial charge in [-0.3, -0.25) is 9.48 Å². The van der Waals surface area contributed by atoms with Crippen molar-refractivity contribution in [1.82, 2.24) is 24.9 Å². The van der Waals surface area contributed by atoms with Crippen molar-refractivity contribution in [3.05, 3.63) is 101 Å². The van der Waals surface area contributed by atoms with Crippen molar-refractivity contribution in [1.29, 1.82) is 0 Å². The Morgan fingerprint density at radius 3 is 2.69 bits per heavy atom. The first-order chi connectivity index (χ1) is 19.0. The largest absolute Gasteiger partial charge is 0.481 e. The Morgan fingerprint density at radius 2 is 1.90 bits per heavy atom. The van der Waals surface area contributed by atoms with Crippen molar-refractivity contribution in [2.24, 2.45) is 5.92 Å². The molecular formula is C28H22F2N6O3. The van der Waals surface area contributed by atoms with Crippen molar-refractivity contribution >= 4 is 11.8 Å². The summed E-state index contributed by atoms with van der Waals surface area (Å²) in [4.78, 5) is 20.5. The number of benzene rings is 2. The third-order valence-electron chi connectivity index (χ3n) is 6.86. The molecule has 9 nitrogen and oxygen atoms in total. The van der Waals surface area contributed by atoms with E-state index in [4.69, 9.17) is 4.52 Å². The summed E-state index contributed by atoms with van der Waals surface area (Å²) in [5, 5.41) is 21.4. The van der Waals surface area contributed by atoms with Crippen LogP contribution in [0.1, 0.15) is 29.2 Å². The van der Waals surface area contributed by atoms with E-state index in [1.807, 2.05) is 24.3 Å². The number of hydrogen-bond donors (Lipinski definition) is 2. The lowest BCUT2D eigenvalue weighted by Crippen LogP contribution is -2.32. The zero-order chi connectivity index (χ0) is 26.9. The highest BCUT2D eigenvalue weighted by atomic mass is 19.1. The van der Waals surface area contributed by atoms with Gasteiger partial charge in [-0.1, -0.05) is 47.6 Å². The van der Waals surface area contributed by atoms with E-state index in [1.165, 1.54) is 12.3 Å². The van der Waals surface area contributed by atoms with E-state index in [1.54, 1.807) is 35.0 Å². The second kappa shape index (κ2) is 10.1. The molecule has 0 bridgehead atoms. The molecule has 2 N–H and O–H groups in total. The summed E-state index contributed by atoms with van der Waals surface area (Å²) in [7, 11) is 0. The van der Waals surface area contributed by atoms with Crippen LogP contribution in [0, 0.1) is 17.6 Å². The van der Waals surface area contributed by atoms with Crippen LogP contribution in [0.25, 0.3) is 22.9 Å². The second-order valence-corrected chi connectivity index (χ2v) is 9.24. The maximum absolute atomic E-state index is 15.0. The molecule has 0 spiro atoms. The molecule has 1 aliphatic rings. The molecule has 0 saturated carbocycles. The van der Waals surface area contributed by atoms with Gasteiger partial charge in [-0.2, -0.15) is 5.10 Å². The first-order valence-electron chi connectivity index (χ1n) is 12.3. The third kappa shape index (κ3) is 4.74. The van der Waals surface area contributed by atoms with E-state index in [0.717, 1.165) is 17.3 Å². The Morgan fingerprint density at radius 1 is 1.08 bits per heavy atom. The standard InChI is InChI=1S/C28H22F2N6O3/c29-20-8-4-2-6-17(20)15-36-24(22-11-12-39-35-22)13-23(34-36)27-31-14-21(30)26(33-27)32-25-18-7-3-1-5-16(18)9-10-19(25)28(37)38/h1-8,11-14,19,25H,9-10,15H2,(H,37,38)(H,31,32,33)/t19-,25+/m1/s1. The van der Waals surface area contributed by atoms with E-state index in [2.05, 4.69) is 25.5 Å². The quantitative estimate of drug-likeness (QED) is 0.299. The van der Waals surface area contributed by atoms with Crippen LogP contribution in [0.15, 0.2) is 77.6 Å². The first-order valence-corrected chi connectivity index (χ1v) is 12.3. The van der Waals surface area contributed by atoms with Crippen LogP contribution in [-0.2, 0) is 17.8 Å². The fraction of sp³-hybridized carbons (Fsp3) is 0.179. The van der Waals surface area contributed by atoms with Gasteiger partial charge in [-0.15, -0.1) is 0 Å². The van der Waals surface area contributed by atoms with Crippen LogP contribution in [0.5, 0.6) is 0 Å². The SMILES string of the molecule is O=C(O)[C@@H]1CCc2ccccc2[C@@H]1Nc1nc(-c2cc(-c3ccon3)n(Cc3ccccc3F)n2)ncc1F. The average Bonchev–Trinajstić information content (AvgIpc) is 3.61. The summed E-state index contributed by atoms with van der Waals surface area (Å²) in [5.41, 5.74) is 3.50. The summed E-state index contributed by atoms with van der Waals surface area (Å²) in [6.07, 6.45) is 3.45. The summed E-state index contributed by atoms with van der Waals surface area (Å²) >= 11 is 0. The van der Waals surface area contributed by atoms with E-state index in [-0.39, 0.29) is 24.0 Å². The van der Waals surface area contributed by atoms with Crippen LogP contribution < -0.4 is 5.32 Å².